The van der Waals surface area contributed by atoms with Crippen molar-refractivity contribution in [3.63, 3.8) is 0 Å². The predicted molar refractivity (Wildman–Crippen MR) is 91.2 cm³/mol. The van der Waals surface area contributed by atoms with E-state index in [0.29, 0.717) is 18.9 Å². The number of nitrogens with one attached hydrogen (secondary N) is 2. The molecule has 2 aromatic heterocycles. The predicted octanol–water partition coefficient (Wildman–Crippen LogP) is 2.55. The molecular formula is C18H16FN5O. The molecular weight excluding hydrogens is 321 g/mol. The number of carbonyl (C=O) groups excluding carboxylic acids is 1. The fourth-order valence-electron chi connectivity index (χ4n) is 2.15. The maximum Gasteiger partial charge on any atom is 0.270 e. The molecule has 0 saturated carbocycles. The van der Waals surface area contributed by atoms with E-state index in [4.69, 9.17) is 0 Å². The van der Waals surface area contributed by atoms with E-state index in [1.54, 1.807) is 30.6 Å². The van der Waals surface area contributed by atoms with Crippen LogP contribution in [0.25, 0.3) is 0 Å². The number of anilines is 1. The van der Waals surface area contributed by atoms with Crippen LogP contribution in [-0.2, 0) is 13.1 Å². The molecule has 0 spiro atoms. The minimum Gasteiger partial charge on any atom is -0.366 e. The second kappa shape index (κ2) is 7.96. The number of aromatic nitrogens is 3. The lowest BCUT2D eigenvalue weighted by atomic mass is 10.2. The average Bonchev–Trinajstić information content (AvgIpc) is 2.67. The van der Waals surface area contributed by atoms with Gasteiger partial charge in [-0.05, 0) is 29.3 Å². The summed E-state index contributed by atoms with van der Waals surface area (Å²) >= 11 is 0. The number of hydrogen-bond acceptors (Lipinski definition) is 5. The summed E-state index contributed by atoms with van der Waals surface area (Å²) < 4.78 is 12.9. The van der Waals surface area contributed by atoms with Gasteiger partial charge in [0.05, 0.1) is 0 Å². The summed E-state index contributed by atoms with van der Waals surface area (Å²) in [6, 6.07) is 11.4. The molecule has 2 N–H and O–H groups in total. The van der Waals surface area contributed by atoms with Gasteiger partial charge in [0.15, 0.2) is 0 Å². The second-order valence-electron chi connectivity index (χ2n) is 5.31. The van der Waals surface area contributed by atoms with Gasteiger partial charge >= 0.3 is 0 Å². The van der Waals surface area contributed by atoms with Crippen molar-refractivity contribution < 1.29 is 9.18 Å². The molecule has 0 aliphatic heterocycles. The Labute approximate surface area is 144 Å². The van der Waals surface area contributed by atoms with Crippen molar-refractivity contribution in [1.29, 1.82) is 0 Å². The first-order chi connectivity index (χ1) is 12.2. The van der Waals surface area contributed by atoms with Gasteiger partial charge in [0.2, 0.25) is 0 Å². The van der Waals surface area contributed by atoms with E-state index in [0.717, 1.165) is 11.1 Å². The van der Waals surface area contributed by atoms with Crippen LogP contribution in [0.2, 0.25) is 0 Å². The summed E-state index contributed by atoms with van der Waals surface area (Å²) in [4.78, 5) is 24.3. The maximum absolute atomic E-state index is 12.9. The van der Waals surface area contributed by atoms with E-state index in [1.807, 2.05) is 12.1 Å². The Morgan fingerprint density at radius 1 is 1.04 bits per heavy atom. The first kappa shape index (κ1) is 16.5. The summed E-state index contributed by atoms with van der Waals surface area (Å²) in [7, 11) is 0. The van der Waals surface area contributed by atoms with Crippen LogP contribution in [0.4, 0.5) is 10.2 Å². The number of rotatable bonds is 6. The molecule has 0 fully saturated rings. The van der Waals surface area contributed by atoms with Crippen molar-refractivity contribution in [2.75, 3.05) is 5.32 Å². The van der Waals surface area contributed by atoms with Gasteiger partial charge in [0.1, 0.15) is 23.7 Å². The molecule has 0 bridgehead atoms. The Hall–Kier alpha value is -3.35. The zero-order valence-corrected chi connectivity index (χ0v) is 13.3. The van der Waals surface area contributed by atoms with E-state index in [2.05, 4.69) is 25.6 Å². The molecule has 0 unspecified atom stereocenters. The fraction of sp³-hybridized carbons (Fsp3) is 0.111. The van der Waals surface area contributed by atoms with Gasteiger partial charge in [0.25, 0.3) is 5.91 Å². The van der Waals surface area contributed by atoms with E-state index in [1.165, 1.54) is 18.5 Å². The molecule has 7 heteroatoms. The highest BCUT2D eigenvalue weighted by molar-refractivity contribution is 5.92. The molecule has 0 saturated heterocycles. The third kappa shape index (κ3) is 4.81. The molecule has 1 aromatic carbocycles. The fourth-order valence-corrected chi connectivity index (χ4v) is 2.15. The van der Waals surface area contributed by atoms with Gasteiger partial charge in [-0.2, -0.15) is 0 Å². The zero-order valence-electron chi connectivity index (χ0n) is 13.3. The lowest BCUT2D eigenvalue weighted by Gasteiger charge is -2.08. The Balaban J connectivity index is 1.58. The van der Waals surface area contributed by atoms with Crippen LogP contribution in [0.15, 0.2) is 61.2 Å². The normalized spacial score (nSPS) is 10.3. The lowest BCUT2D eigenvalue weighted by molar-refractivity contribution is 0.0945. The van der Waals surface area contributed by atoms with Crippen LogP contribution < -0.4 is 10.6 Å². The Morgan fingerprint density at radius 2 is 1.88 bits per heavy atom. The van der Waals surface area contributed by atoms with Crippen LogP contribution in [0.5, 0.6) is 0 Å². The van der Waals surface area contributed by atoms with Gasteiger partial charge < -0.3 is 10.6 Å². The van der Waals surface area contributed by atoms with Gasteiger partial charge in [-0.3, -0.25) is 9.78 Å². The van der Waals surface area contributed by atoms with Crippen LogP contribution in [0, 0.1) is 5.82 Å². The molecule has 0 atom stereocenters. The first-order valence-electron chi connectivity index (χ1n) is 7.68. The van der Waals surface area contributed by atoms with E-state index >= 15 is 0 Å². The summed E-state index contributed by atoms with van der Waals surface area (Å²) in [5, 5.41) is 5.87. The molecule has 0 radical (unpaired) electrons. The highest BCUT2D eigenvalue weighted by Crippen LogP contribution is 2.08. The molecule has 25 heavy (non-hydrogen) atoms. The summed E-state index contributed by atoms with van der Waals surface area (Å²) in [5.74, 6) is -0.0553. The summed E-state index contributed by atoms with van der Waals surface area (Å²) in [6.07, 6.45) is 4.69. The van der Waals surface area contributed by atoms with Crippen LogP contribution in [-0.4, -0.2) is 20.9 Å². The van der Waals surface area contributed by atoms with Crippen molar-refractivity contribution in [1.82, 2.24) is 20.3 Å². The number of halogens is 1. The molecule has 0 aliphatic rings. The van der Waals surface area contributed by atoms with Gasteiger partial charge in [-0.15, -0.1) is 0 Å². The van der Waals surface area contributed by atoms with Crippen LogP contribution in [0.3, 0.4) is 0 Å². The monoisotopic (exact) mass is 337 g/mol. The number of pyridine rings is 1. The van der Waals surface area contributed by atoms with Gasteiger partial charge in [-0.1, -0.05) is 18.2 Å². The first-order valence-corrected chi connectivity index (χ1v) is 7.68. The minimum atomic E-state index is -0.295. The number of carbonyl (C=O) groups is 1. The Kier molecular flexibility index (Phi) is 5.26. The number of hydrogen-bond donors (Lipinski definition) is 2. The SMILES string of the molecule is O=C(NCc1cccnc1)c1cc(NCc2ccc(F)cc2)ncn1. The van der Waals surface area contributed by atoms with Crippen LogP contribution >= 0.6 is 0 Å². The molecule has 3 rings (SSSR count). The minimum absolute atomic E-state index is 0.264. The van der Waals surface area contributed by atoms with Crippen molar-refractivity contribution in [2.45, 2.75) is 13.1 Å². The standard InChI is InChI=1S/C18H16FN5O/c19-15-5-3-13(4-6-15)10-21-17-8-16(23-12-24-17)18(25)22-11-14-2-1-7-20-9-14/h1-9,12H,10-11H2,(H,22,25)(H,21,23,24). The summed E-state index contributed by atoms with van der Waals surface area (Å²) in [5.41, 5.74) is 2.07. The molecule has 1 amide bonds. The van der Waals surface area contributed by atoms with Crippen molar-refractivity contribution >= 4 is 11.7 Å². The Morgan fingerprint density at radius 3 is 2.64 bits per heavy atom. The van der Waals surface area contributed by atoms with Crippen LogP contribution in [0.1, 0.15) is 21.6 Å². The van der Waals surface area contributed by atoms with E-state index < -0.39 is 0 Å². The topological polar surface area (TPSA) is 79.8 Å². The van der Waals surface area contributed by atoms with Crippen molar-refractivity contribution in [3.05, 3.63) is 83.8 Å². The van der Waals surface area contributed by atoms with Gasteiger partial charge in [0, 0.05) is 31.5 Å². The largest absolute Gasteiger partial charge is 0.366 e. The van der Waals surface area contributed by atoms with Crippen molar-refractivity contribution in [2.24, 2.45) is 0 Å². The summed E-state index contributed by atoms with van der Waals surface area (Å²) in [6.45, 7) is 0.836. The molecule has 2 heterocycles. The zero-order chi connectivity index (χ0) is 17.5. The van der Waals surface area contributed by atoms with Gasteiger partial charge in [-0.25, -0.2) is 14.4 Å². The number of nitrogens with zero attached hydrogens (tertiary/aromatic N) is 3. The third-order valence-corrected chi connectivity index (χ3v) is 3.46. The highest BCUT2D eigenvalue weighted by Gasteiger charge is 2.08. The van der Waals surface area contributed by atoms with E-state index in [9.17, 15) is 9.18 Å². The maximum atomic E-state index is 12.9. The lowest BCUT2D eigenvalue weighted by Crippen LogP contribution is -2.24. The third-order valence-electron chi connectivity index (χ3n) is 3.46. The average molecular weight is 337 g/mol. The highest BCUT2D eigenvalue weighted by atomic mass is 19.1. The van der Waals surface area contributed by atoms with Crippen molar-refractivity contribution in [3.8, 4) is 0 Å². The molecule has 6 nitrogen and oxygen atoms in total. The molecule has 126 valence electrons. The van der Waals surface area contributed by atoms with E-state index in [-0.39, 0.29) is 17.4 Å². The molecule has 3 aromatic rings. The second-order valence-corrected chi connectivity index (χ2v) is 5.31. The number of amides is 1. The number of benzene rings is 1. The smallest absolute Gasteiger partial charge is 0.270 e. The molecule has 0 aliphatic carbocycles. The quantitative estimate of drug-likeness (QED) is 0.723. The Bertz CT molecular complexity index is 840.